The first-order valence-electron chi connectivity index (χ1n) is 7.28. The van der Waals surface area contributed by atoms with Crippen LogP contribution in [0.15, 0.2) is 6.20 Å². The zero-order valence-electron chi connectivity index (χ0n) is 11.6. The number of rotatable bonds is 4. The van der Waals surface area contributed by atoms with Crippen LogP contribution < -0.4 is 5.32 Å². The molecule has 0 unspecified atom stereocenters. The third-order valence-corrected chi connectivity index (χ3v) is 4.09. The Labute approximate surface area is 114 Å². The third-order valence-electron chi connectivity index (χ3n) is 4.09. The predicted octanol–water partition coefficient (Wildman–Crippen LogP) is 1.49. The van der Waals surface area contributed by atoms with Crippen molar-refractivity contribution in [3.05, 3.63) is 17.7 Å². The second kappa shape index (κ2) is 6.03. The van der Waals surface area contributed by atoms with Gasteiger partial charge in [0, 0.05) is 26.3 Å². The van der Waals surface area contributed by atoms with Crippen molar-refractivity contribution in [3.8, 4) is 0 Å². The molecule has 1 aromatic rings. The average Bonchev–Trinajstić information content (AvgIpc) is 2.85. The molecule has 106 valence electrons. The fourth-order valence-electron chi connectivity index (χ4n) is 2.87. The van der Waals surface area contributed by atoms with Crippen molar-refractivity contribution in [2.24, 2.45) is 5.92 Å². The number of imidazole rings is 1. The van der Waals surface area contributed by atoms with E-state index in [0.717, 1.165) is 51.6 Å². The van der Waals surface area contributed by atoms with Crippen LogP contribution in [0.5, 0.6) is 0 Å². The lowest BCUT2D eigenvalue weighted by Crippen LogP contribution is -2.32. The van der Waals surface area contributed by atoms with Crippen molar-refractivity contribution in [1.29, 1.82) is 0 Å². The van der Waals surface area contributed by atoms with Gasteiger partial charge in [0.2, 0.25) is 0 Å². The van der Waals surface area contributed by atoms with Crippen molar-refractivity contribution in [1.82, 2.24) is 14.9 Å². The zero-order valence-corrected chi connectivity index (χ0v) is 11.6. The Morgan fingerprint density at radius 3 is 3.16 bits per heavy atom. The van der Waals surface area contributed by atoms with E-state index in [1.807, 2.05) is 6.20 Å². The van der Waals surface area contributed by atoms with Crippen LogP contribution in [0, 0.1) is 5.92 Å². The Hall–Kier alpha value is -0.910. The number of aromatic nitrogens is 2. The third kappa shape index (κ3) is 2.99. The molecule has 19 heavy (non-hydrogen) atoms. The van der Waals surface area contributed by atoms with E-state index in [1.165, 1.54) is 5.69 Å². The summed E-state index contributed by atoms with van der Waals surface area (Å²) in [5.41, 5.74) is 1.20. The normalized spacial score (nSPS) is 24.4. The van der Waals surface area contributed by atoms with Gasteiger partial charge < -0.3 is 19.4 Å². The molecule has 1 aromatic heterocycles. The van der Waals surface area contributed by atoms with Crippen molar-refractivity contribution in [2.75, 3.05) is 26.4 Å². The number of hydrogen-bond donors (Lipinski definition) is 1. The largest absolute Gasteiger partial charge is 0.381 e. The Morgan fingerprint density at radius 2 is 2.32 bits per heavy atom. The Kier molecular flexibility index (Phi) is 4.15. The Bertz CT molecular complexity index is 413. The van der Waals surface area contributed by atoms with Crippen LogP contribution in [-0.4, -0.2) is 35.9 Å². The van der Waals surface area contributed by atoms with E-state index in [-0.39, 0.29) is 0 Å². The van der Waals surface area contributed by atoms with Crippen LogP contribution in [0.3, 0.4) is 0 Å². The molecule has 5 heteroatoms. The maximum absolute atomic E-state index is 5.88. The summed E-state index contributed by atoms with van der Waals surface area (Å²) in [6, 6.07) is 0.345. The lowest BCUT2D eigenvalue weighted by molar-refractivity contribution is 0.0143. The zero-order chi connectivity index (χ0) is 13.1. The van der Waals surface area contributed by atoms with Crippen LogP contribution in [-0.2, 0) is 22.6 Å². The van der Waals surface area contributed by atoms with E-state index < -0.39 is 0 Å². The van der Waals surface area contributed by atoms with Gasteiger partial charge in [0.25, 0.3) is 0 Å². The molecule has 0 bridgehead atoms. The summed E-state index contributed by atoms with van der Waals surface area (Å²) in [6.45, 7) is 7.46. The molecule has 0 aromatic carbocycles. The molecule has 0 aliphatic carbocycles. The van der Waals surface area contributed by atoms with Gasteiger partial charge in [0.15, 0.2) is 0 Å². The van der Waals surface area contributed by atoms with Gasteiger partial charge in [-0.25, -0.2) is 4.98 Å². The molecule has 1 N–H and O–H groups in total. The smallest absolute Gasteiger partial charge is 0.125 e. The summed E-state index contributed by atoms with van der Waals surface area (Å²) >= 11 is 0. The van der Waals surface area contributed by atoms with Gasteiger partial charge in [0.05, 0.1) is 31.1 Å². The van der Waals surface area contributed by atoms with Gasteiger partial charge in [-0.2, -0.15) is 0 Å². The minimum atomic E-state index is 0.345. The first-order valence-corrected chi connectivity index (χ1v) is 7.28. The summed E-state index contributed by atoms with van der Waals surface area (Å²) < 4.78 is 13.5. The maximum Gasteiger partial charge on any atom is 0.125 e. The highest BCUT2D eigenvalue weighted by Crippen LogP contribution is 2.19. The molecule has 0 amide bonds. The molecule has 1 fully saturated rings. The van der Waals surface area contributed by atoms with Crippen LogP contribution in [0.1, 0.15) is 37.3 Å². The lowest BCUT2D eigenvalue weighted by Gasteiger charge is -2.24. The fraction of sp³-hybridized carbons (Fsp3) is 0.786. The second-order valence-electron chi connectivity index (χ2n) is 5.51. The van der Waals surface area contributed by atoms with Gasteiger partial charge in [0.1, 0.15) is 5.82 Å². The van der Waals surface area contributed by atoms with Gasteiger partial charge in [-0.3, -0.25) is 0 Å². The first-order chi connectivity index (χ1) is 9.34. The van der Waals surface area contributed by atoms with Gasteiger partial charge in [-0.15, -0.1) is 0 Å². The topological polar surface area (TPSA) is 48.3 Å². The SMILES string of the molecule is C[C@@H]1NCCn2c(COCC3CCOCC3)cnc21. The Morgan fingerprint density at radius 1 is 1.47 bits per heavy atom. The molecule has 1 saturated heterocycles. The predicted molar refractivity (Wildman–Crippen MR) is 71.8 cm³/mol. The van der Waals surface area contributed by atoms with E-state index in [9.17, 15) is 0 Å². The molecular formula is C14H23N3O2. The molecule has 5 nitrogen and oxygen atoms in total. The minimum absolute atomic E-state index is 0.345. The summed E-state index contributed by atoms with van der Waals surface area (Å²) in [5, 5.41) is 3.42. The summed E-state index contributed by atoms with van der Waals surface area (Å²) in [5.74, 6) is 1.80. The first kappa shape index (κ1) is 13.1. The highest BCUT2D eigenvalue weighted by atomic mass is 16.5. The number of ether oxygens (including phenoxy) is 2. The molecule has 0 spiro atoms. The second-order valence-corrected chi connectivity index (χ2v) is 5.51. The summed E-state index contributed by atoms with van der Waals surface area (Å²) in [6.07, 6.45) is 4.22. The quantitative estimate of drug-likeness (QED) is 0.896. The highest BCUT2D eigenvalue weighted by Gasteiger charge is 2.20. The van der Waals surface area contributed by atoms with E-state index in [2.05, 4.69) is 21.8 Å². The number of hydrogen-bond acceptors (Lipinski definition) is 4. The number of fused-ring (bicyclic) bond motifs is 1. The van der Waals surface area contributed by atoms with Crippen LogP contribution in [0.2, 0.25) is 0 Å². The molecule has 3 rings (SSSR count). The standard InChI is InChI=1S/C14H23N3O2/c1-11-14-16-8-13(17(14)5-4-15-11)10-19-9-12-2-6-18-7-3-12/h8,11-12,15H,2-7,9-10H2,1H3/t11-/m0/s1. The van der Waals surface area contributed by atoms with E-state index >= 15 is 0 Å². The van der Waals surface area contributed by atoms with Gasteiger partial charge in [-0.05, 0) is 25.7 Å². The highest BCUT2D eigenvalue weighted by molar-refractivity contribution is 5.09. The van der Waals surface area contributed by atoms with E-state index in [1.54, 1.807) is 0 Å². The number of nitrogens with one attached hydrogen (secondary N) is 1. The van der Waals surface area contributed by atoms with Crippen molar-refractivity contribution in [2.45, 2.75) is 39.0 Å². The fourth-order valence-corrected chi connectivity index (χ4v) is 2.87. The Balaban J connectivity index is 1.52. The molecule has 2 aliphatic rings. The van der Waals surface area contributed by atoms with Crippen molar-refractivity contribution < 1.29 is 9.47 Å². The molecule has 0 saturated carbocycles. The molecule has 2 aliphatic heterocycles. The monoisotopic (exact) mass is 265 g/mol. The van der Waals surface area contributed by atoms with Crippen LogP contribution >= 0.6 is 0 Å². The summed E-state index contributed by atoms with van der Waals surface area (Å²) in [4.78, 5) is 4.50. The molecule has 3 heterocycles. The van der Waals surface area contributed by atoms with Crippen LogP contribution in [0.4, 0.5) is 0 Å². The maximum atomic E-state index is 5.88. The van der Waals surface area contributed by atoms with E-state index in [4.69, 9.17) is 9.47 Å². The molecule has 1 atom stereocenters. The van der Waals surface area contributed by atoms with Crippen LogP contribution in [0.25, 0.3) is 0 Å². The summed E-state index contributed by atoms with van der Waals surface area (Å²) in [7, 11) is 0. The lowest BCUT2D eigenvalue weighted by atomic mass is 10.0. The number of nitrogens with zero attached hydrogens (tertiary/aromatic N) is 2. The van der Waals surface area contributed by atoms with E-state index in [0.29, 0.717) is 18.6 Å². The molecule has 0 radical (unpaired) electrons. The molecular weight excluding hydrogens is 242 g/mol. The minimum Gasteiger partial charge on any atom is -0.381 e. The van der Waals surface area contributed by atoms with Crippen molar-refractivity contribution in [3.63, 3.8) is 0 Å². The van der Waals surface area contributed by atoms with Gasteiger partial charge >= 0.3 is 0 Å². The average molecular weight is 265 g/mol. The van der Waals surface area contributed by atoms with Gasteiger partial charge in [-0.1, -0.05) is 0 Å². The van der Waals surface area contributed by atoms with Crippen molar-refractivity contribution >= 4 is 0 Å².